The van der Waals surface area contributed by atoms with Gasteiger partial charge in [0.1, 0.15) is 0 Å². The summed E-state index contributed by atoms with van der Waals surface area (Å²) in [6.45, 7) is 0. The van der Waals surface area contributed by atoms with Gasteiger partial charge in [-0.15, -0.1) is 0 Å². The van der Waals surface area contributed by atoms with Crippen LogP contribution in [0.4, 0.5) is 0 Å². The van der Waals surface area contributed by atoms with Crippen molar-refractivity contribution in [3.8, 4) is 28.2 Å². The molecule has 0 radical (unpaired) electrons. The molecule has 0 spiro atoms. The SMILES string of the molecule is c1ccc(-c2cncc(-c3ccccn3)c2-n2cccn2)nc1. The second-order valence-corrected chi connectivity index (χ2v) is 4.96. The molecule has 0 aliphatic carbocycles. The van der Waals surface area contributed by atoms with Gasteiger partial charge in [-0.1, -0.05) is 12.1 Å². The molecule has 23 heavy (non-hydrogen) atoms. The highest BCUT2D eigenvalue weighted by Crippen LogP contribution is 2.32. The fourth-order valence-corrected chi connectivity index (χ4v) is 2.52. The van der Waals surface area contributed by atoms with Crippen molar-refractivity contribution in [1.82, 2.24) is 24.7 Å². The zero-order valence-corrected chi connectivity index (χ0v) is 12.2. The molecule has 0 aromatic carbocycles. The van der Waals surface area contributed by atoms with Gasteiger partial charge in [0.05, 0.1) is 17.1 Å². The van der Waals surface area contributed by atoms with Crippen LogP contribution in [0.5, 0.6) is 0 Å². The molecule has 4 aromatic heterocycles. The van der Waals surface area contributed by atoms with Crippen molar-refractivity contribution in [3.63, 3.8) is 0 Å². The second kappa shape index (κ2) is 5.81. The van der Waals surface area contributed by atoms with E-state index in [0.29, 0.717) is 0 Å². The lowest BCUT2D eigenvalue weighted by Gasteiger charge is -2.13. The lowest BCUT2D eigenvalue weighted by atomic mass is 10.0. The van der Waals surface area contributed by atoms with Gasteiger partial charge in [0.15, 0.2) is 0 Å². The molecule has 0 saturated heterocycles. The zero-order chi connectivity index (χ0) is 15.5. The van der Waals surface area contributed by atoms with Crippen LogP contribution in [-0.2, 0) is 0 Å². The van der Waals surface area contributed by atoms with Crippen molar-refractivity contribution >= 4 is 0 Å². The van der Waals surface area contributed by atoms with Crippen LogP contribution in [0.15, 0.2) is 79.6 Å². The molecule has 4 heterocycles. The van der Waals surface area contributed by atoms with Gasteiger partial charge in [0.2, 0.25) is 0 Å². The highest BCUT2D eigenvalue weighted by atomic mass is 15.3. The minimum Gasteiger partial charge on any atom is -0.263 e. The Kier molecular flexibility index (Phi) is 3.37. The van der Waals surface area contributed by atoms with E-state index in [-0.39, 0.29) is 0 Å². The third-order valence-electron chi connectivity index (χ3n) is 3.53. The molecule has 0 N–H and O–H groups in total. The smallest absolute Gasteiger partial charge is 0.0864 e. The number of pyridine rings is 3. The normalized spacial score (nSPS) is 10.6. The first-order chi connectivity index (χ1) is 11.4. The largest absolute Gasteiger partial charge is 0.263 e. The van der Waals surface area contributed by atoms with E-state index in [1.54, 1.807) is 18.6 Å². The number of hydrogen-bond donors (Lipinski definition) is 0. The molecule has 0 bridgehead atoms. The van der Waals surface area contributed by atoms with Gasteiger partial charge in [-0.05, 0) is 30.3 Å². The van der Waals surface area contributed by atoms with Crippen molar-refractivity contribution in [1.29, 1.82) is 0 Å². The summed E-state index contributed by atoms with van der Waals surface area (Å²) < 4.78 is 1.83. The number of nitrogens with zero attached hydrogens (tertiary/aromatic N) is 5. The van der Waals surface area contributed by atoms with Gasteiger partial charge in [-0.3, -0.25) is 15.0 Å². The van der Waals surface area contributed by atoms with Crippen LogP contribution >= 0.6 is 0 Å². The van der Waals surface area contributed by atoms with Crippen molar-refractivity contribution in [2.45, 2.75) is 0 Å². The first-order valence-electron chi connectivity index (χ1n) is 7.24. The molecule has 0 fully saturated rings. The van der Waals surface area contributed by atoms with Crippen molar-refractivity contribution in [2.75, 3.05) is 0 Å². The molecule has 0 aliphatic rings. The Morgan fingerprint density at radius 3 is 1.83 bits per heavy atom. The van der Waals surface area contributed by atoms with Gasteiger partial charge in [0.25, 0.3) is 0 Å². The monoisotopic (exact) mass is 299 g/mol. The van der Waals surface area contributed by atoms with Crippen LogP contribution in [0.25, 0.3) is 28.2 Å². The first kappa shape index (κ1) is 13.3. The predicted molar refractivity (Wildman–Crippen MR) is 87.8 cm³/mol. The van der Waals surface area contributed by atoms with E-state index in [1.165, 1.54) is 0 Å². The summed E-state index contributed by atoms with van der Waals surface area (Å²) in [7, 11) is 0. The van der Waals surface area contributed by atoms with E-state index in [2.05, 4.69) is 20.1 Å². The molecular weight excluding hydrogens is 286 g/mol. The van der Waals surface area contributed by atoms with Crippen LogP contribution in [0.1, 0.15) is 0 Å². The van der Waals surface area contributed by atoms with Gasteiger partial charge in [0, 0.05) is 48.3 Å². The van der Waals surface area contributed by atoms with Gasteiger partial charge in [-0.2, -0.15) is 5.10 Å². The second-order valence-electron chi connectivity index (χ2n) is 4.96. The Labute approximate surface area is 133 Å². The Morgan fingerprint density at radius 2 is 1.35 bits per heavy atom. The third kappa shape index (κ3) is 2.48. The number of rotatable bonds is 3. The number of hydrogen-bond acceptors (Lipinski definition) is 4. The zero-order valence-electron chi connectivity index (χ0n) is 12.2. The van der Waals surface area contributed by atoms with Crippen molar-refractivity contribution in [2.24, 2.45) is 0 Å². The number of aromatic nitrogens is 5. The Morgan fingerprint density at radius 1 is 0.696 bits per heavy atom. The van der Waals surface area contributed by atoms with Gasteiger partial charge < -0.3 is 0 Å². The minimum atomic E-state index is 0.850. The summed E-state index contributed by atoms with van der Waals surface area (Å²) in [6.07, 6.45) is 10.8. The molecule has 5 heteroatoms. The highest BCUT2D eigenvalue weighted by Gasteiger charge is 2.16. The molecule has 4 aromatic rings. The summed E-state index contributed by atoms with van der Waals surface area (Å²) >= 11 is 0. The van der Waals surface area contributed by atoms with E-state index >= 15 is 0 Å². The van der Waals surface area contributed by atoms with Crippen molar-refractivity contribution < 1.29 is 0 Å². The predicted octanol–water partition coefficient (Wildman–Crippen LogP) is 3.39. The quantitative estimate of drug-likeness (QED) is 0.582. The topological polar surface area (TPSA) is 56.5 Å². The van der Waals surface area contributed by atoms with Crippen LogP contribution in [0.2, 0.25) is 0 Å². The first-order valence-corrected chi connectivity index (χ1v) is 7.24. The molecule has 0 unspecified atom stereocenters. The average Bonchev–Trinajstić information content (AvgIpc) is 3.17. The Bertz CT molecular complexity index is 845. The maximum atomic E-state index is 4.45. The minimum absolute atomic E-state index is 0.850. The van der Waals surface area contributed by atoms with E-state index in [0.717, 1.165) is 28.2 Å². The molecule has 0 atom stereocenters. The summed E-state index contributed by atoms with van der Waals surface area (Å²) in [5.41, 5.74) is 4.45. The van der Waals surface area contributed by atoms with E-state index in [4.69, 9.17) is 0 Å². The summed E-state index contributed by atoms with van der Waals surface area (Å²) in [6, 6.07) is 13.5. The van der Waals surface area contributed by atoms with Crippen LogP contribution in [0, 0.1) is 0 Å². The van der Waals surface area contributed by atoms with E-state index in [1.807, 2.05) is 65.7 Å². The fraction of sp³-hybridized carbons (Fsp3) is 0. The average molecular weight is 299 g/mol. The standard InChI is InChI=1S/C18H13N5/c1-3-8-20-16(6-1)14-12-19-13-15(17-7-2-4-9-21-17)18(14)23-11-5-10-22-23/h1-13H. The molecule has 0 saturated carbocycles. The van der Waals surface area contributed by atoms with Crippen LogP contribution in [-0.4, -0.2) is 24.7 Å². The van der Waals surface area contributed by atoms with Crippen molar-refractivity contribution in [3.05, 3.63) is 79.6 Å². The van der Waals surface area contributed by atoms with E-state index < -0.39 is 0 Å². The molecule has 0 amide bonds. The molecule has 0 aliphatic heterocycles. The van der Waals surface area contributed by atoms with Crippen LogP contribution < -0.4 is 0 Å². The molecule has 110 valence electrons. The summed E-state index contributed by atoms with van der Waals surface area (Å²) in [5, 5.41) is 4.39. The molecule has 4 rings (SSSR count). The lowest BCUT2D eigenvalue weighted by Crippen LogP contribution is -2.03. The van der Waals surface area contributed by atoms with E-state index in [9.17, 15) is 0 Å². The summed E-state index contributed by atoms with van der Waals surface area (Å²) in [4.78, 5) is 13.3. The van der Waals surface area contributed by atoms with Gasteiger partial charge >= 0.3 is 0 Å². The maximum Gasteiger partial charge on any atom is 0.0864 e. The Hall–Kier alpha value is -3.34. The lowest BCUT2D eigenvalue weighted by molar-refractivity contribution is 0.879. The third-order valence-corrected chi connectivity index (χ3v) is 3.53. The Balaban J connectivity index is 2.01. The van der Waals surface area contributed by atoms with Crippen LogP contribution in [0.3, 0.4) is 0 Å². The molecule has 5 nitrogen and oxygen atoms in total. The van der Waals surface area contributed by atoms with Gasteiger partial charge in [-0.25, -0.2) is 4.68 Å². The fourth-order valence-electron chi connectivity index (χ4n) is 2.52. The highest BCUT2D eigenvalue weighted by molar-refractivity contribution is 5.81. The summed E-state index contributed by atoms with van der Waals surface area (Å²) in [5.74, 6) is 0. The molecular formula is C18H13N5. The maximum absolute atomic E-state index is 4.45.